The fourth-order valence-electron chi connectivity index (χ4n) is 1.66. The van der Waals surface area contributed by atoms with Crippen LogP contribution < -0.4 is 10.6 Å². The molecule has 0 radical (unpaired) electrons. The van der Waals surface area contributed by atoms with Gasteiger partial charge in [-0.25, -0.2) is 0 Å². The summed E-state index contributed by atoms with van der Waals surface area (Å²) >= 11 is 0. The van der Waals surface area contributed by atoms with Gasteiger partial charge in [0.05, 0.1) is 0 Å². The van der Waals surface area contributed by atoms with Crippen molar-refractivity contribution in [2.75, 3.05) is 13.6 Å². The summed E-state index contributed by atoms with van der Waals surface area (Å²) in [5.41, 5.74) is 1.93. The highest BCUT2D eigenvalue weighted by Crippen LogP contribution is 2.04. The van der Waals surface area contributed by atoms with Gasteiger partial charge in [0, 0.05) is 18.7 Å². The van der Waals surface area contributed by atoms with E-state index in [-0.39, 0.29) is 5.91 Å². The van der Waals surface area contributed by atoms with Crippen LogP contribution >= 0.6 is 0 Å². The Hall–Kier alpha value is -1.35. The number of hydrogen-bond donors (Lipinski definition) is 2. The highest BCUT2D eigenvalue weighted by molar-refractivity contribution is 5.94. The largest absolute Gasteiger partial charge is 0.352 e. The number of benzene rings is 1. The fraction of sp³-hybridized carbons (Fsp3) is 0.500. The van der Waals surface area contributed by atoms with Gasteiger partial charge in [-0.15, -0.1) is 0 Å². The van der Waals surface area contributed by atoms with Gasteiger partial charge >= 0.3 is 0 Å². The molecule has 0 saturated heterocycles. The van der Waals surface area contributed by atoms with Crippen LogP contribution in [-0.4, -0.2) is 19.5 Å². The van der Waals surface area contributed by atoms with Crippen molar-refractivity contribution in [3.8, 4) is 0 Å². The lowest BCUT2D eigenvalue weighted by molar-refractivity contribution is 0.0953. The molecule has 3 nitrogen and oxygen atoms in total. The van der Waals surface area contributed by atoms with Crippen molar-refractivity contribution in [1.29, 1.82) is 0 Å². The minimum atomic E-state index is 0.0251. The number of amides is 1. The van der Waals surface area contributed by atoms with E-state index in [9.17, 15) is 4.79 Å². The van der Waals surface area contributed by atoms with Crippen LogP contribution in [0.15, 0.2) is 24.3 Å². The van der Waals surface area contributed by atoms with Crippen LogP contribution in [0, 0.1) is 0 Å². The van der Waals surface area contributed by atoms with Crippen molar-refractivity contribution in [3.63, 3.8) is 0 Å². The molecule has 3 heteroatoms. The van der Waals surface area contributed by atoms with E-state index in [0.717, 1.165) is 25.1 Å². The highest BCUT2D eigenvalue weighted by atomic mass is 16.1. The SMILES string of the molecule is CCCCCNC(=O)c1ccc(CNC)cc1. The lowest BCUT2D eigenvalue weighted by atomic mass is 10.1. The Kier molecular flexibility index (Phi) is 6.33. The summed E-state index contributed by atoms with van der Waals surface area (Å²) in [6.45, 7) is 3.76. The summed E-state index contributed by atoms with van der Waals surface area (Å²) in [4.78, 5) is 11.8. The summed E-state index contributed by atoms with van der Waals surface area (Å²) in [6.07, 6.45) is 3.40. The van der Waals surface area contributed by atoms with Crippen molar-refractivity contribution >= 4 is 5.91 Å². The molecule has 0 spiro atoms. The number of carbonyl (C=O) groups is 1. The first-order chi connectivity index (χ1) is 8.27. The Morgan fingerprint density at radius 2 is 1.88 bits per heavy atom. The van der Waals surface area contributed by atoms with Crippen LogP contribution in [0.3, 0.4) is 0 Å². The van der Waals surface area contributed by atoms with Gasteiger partial charge in [-0.3, -0.25) is 4.79 Å². The smallest absolute Gasteiger partial charge is 0.251 e. The minimum absolute atomic E-state index is 0.0251. The van der Waals surface area contributed by atoms with Crippen molar-refractivity contribution in [1.82, 2.24) is 10.6 Å². The topological polar surface area (TPSA) is 41.1 Å². The molecular weight excluding hydrogens is 212 g/mol. The molecule has 0 aliphatic rings. The Labute approximate surface area is 104 Å². The number of unbranched alkanes of at least 4 members (excludes halogenated alkanes) is 2. The fourth-order valence-corrected chi connectivity index (χ4v) is 1.66. The van der Waals surface area contributed by atoms with Gasteiger partial charge in [0.15, 0.2) is 0 Å². The van der Waals surface area contributed by atoms with E-state index < -0.39 is 0 Å². The summed E-state index contributed by atoms with van der Waals surface area (Å²) in [5, 5.41) is 6.01. The normalized spacial score (nSPS) is 10.2. The lowest BCUT2D eigenvalue weighted by Gasteiger charge is -2.05. The van der Waals surface area contributed by atoms with Gasteiger partial charge in [0.1, 0.15) is 0 Å². The number of rotatable bonds is 7. The van der Waals surface area contributed by atoms with Crippen LogP contribution in [0.2, 0.25) is 0 Å². The van der Waals surface area contributed by atoms with Crippen molar-refractivity contribution in [2.24, 2.45) is 0 Å². The second-order valence-electron chi connectivity index (χ2n) is 4.19. The van der Waals surface area contributed by atoms with E-state index in [1.54, 1.807) is 0 Å². The van der Waals surface area contributed by atoms with Gasteiger partial charge in [-0.2, -0.15) is 0 Å². The third-order valence-corrected chi connectivity index (χ3v) is 2.66. The monoisotopic (exact) mass is 234 g/mol. The van der Waals surface area contributed by atoms with E-state index in [2.05, 4.69) is 17.6 Å². The minimum Gasteiger partial charge on any atom is -0.352 e. The predicted molar refractivity (Wildman–Crippen MR) is 71.1 cm³/mol. The van der Waals surface area contributed by atoms with Crippen LogP contribution in [0.4, 0.5) is 0 Å². The Balaban J connectivity index is 2.40. The second-order valence-corrected chi connectivity index (χ2v) is 4.19. The van der Waals surface area contributed by atoms with Crippen LogP contribution in [0.1, 0.15) is 42.1 Å². The third kappa shape index (κ3) is 5.00. The molecule has 0 aromatic heterocycles. The van der Waals surface area contributed by atoms with E-state index in [4.69, 9.17) is 0 Å². The second kappa shape index (κ2) is 7.85. The molecule has 2 N–H and O–H groups in total. The first kappa shape index (κ1) is 13.7. The average Bonchev–Trinajstić information content (AvgIpc) is 2.36. The summed E-state index contributed by atoms with van der Waals surface area (Å²) in [6, 6.07) is 7.72. The maximum atomic E-state index is 11.8. The quantitative estimate of drug-likeness (QED) is 0.711. The van der Waals surface area contributed by atoms with Gasteiger partial charge in [0.25, 0.3) is 5.91 Å². The molecule has 0 aliphatic heterocycles. The standard InChI is InChI=1S/C14H22N2O/c1-3-4-5-10-16-14(17)13-8-6-12(7-9-13)11-15-2/h6-9,15H,3-5,10-11H2,1-2H3,(H,16,17). The average molecular weight is 234 g/mol. The molecule has 1 aromatic rings. The zero-order valence-electron chi connectivity index (χ0n) is 10.8. The first-order valence-corrected chi connectivity index (χ1v) is 6.29. The predicted octanol–water partition coefficient (Wildman–Crippen LogP) is 2.33. The van der Waals surface area contributed by atoms with Gasteiger partial charge < -0.3 is 10.6 Å². The summed E-state index contributed by atoms with van der Waals surface area (Å²) in [5.74, 6) is 0.0251. The molecular formula is C14H22N2O. The van der Waals surface area contributed by atoms with Gasteiger partial charge in [-0.1, -0.05) is 31.9 Å². The van der Waals surface area contributed by atoms with E-state index in [1.165, 1.54) is 18.4 Å². The lowest BCUT2D eigenvalue weighted by Crippen LogP contribution is -2.24. The highest BCUT2D eigenvalue weighted by Gasteiger charge is 2.03. The van der Waals surface area contributed by atoms with E-state index >= 15 is 0 Å². The molecule has 0 fully saturated rings. The molecule has 1 rings (SSSR count). The van der Waals surface area contributed by atoms with Crippen molar-refractivity contribution in [2.45, 2.75) is 32.7 Å². The molecule has 0 atom stereocenters. The maximum Gasteiger partial charge on any atom is 0.251 e. The Morgan fingerprint density at radius 1 is 1.18 bits per heavy atom. The first-order valence-electron chi connectivity index (χ1n) is 6.29. The van der Waals surface area contributed by atoms with Gasteiger partial charge in [-0.05, 0) is 31.2 Å². The molecule has 0 aliphatic carbocycles. The van der Waals surface area contributed by atoms with Crippen LogP contribution in [0.25, 0.3) is 0 Å². The van der Waals surface area contributed by atoms with Gasteiger partial charge in [0.2, 0.25) is 0 Å². The third-order valence-electron chi connectivity index (χ3n) is 2.66. The van der Waals surface area contributed by atoms with Crippen LogP contribution in [0.5, 0.6) is 0 Å². The Morgan fingerprint density at radius 3 is 2.47 bits per heavy atom. The molecule has 0 bridgehead atoms. The molecule has 0 unspecified atom stereocenters. The molecule has 94 valence electrons. The molecule has 0 saturated carbocycles. The zero-order valence-corrected chi connectivity index (χ0v) is 10.8. The van der Waals surface area contributed by atoms with Crippen molar-refractivity contribution < 1.29 is 4.79 Å². The molecule has 1 aromatic carbocycles. The number of hydrogen-bond acceptors (Lipinski definition) is 2. The summed E-state index contributed by atoms with van der Waals surface area (Å²) in [7, 11) is 1.91. The molecule has 1 amide bonds. The van der Waals surface area contributed by atoms with Crippen molar-refractivity contribution in [3.05, 3.63) is 35.4 Å². The molecule has 0 heterocycles. The van der Waals surface area contributed by atoms with E-state index in [1.807, 2.05) is 31.3 Å². The van der Waals surface area contributed by atoms with Crippen LogP contribution in [-0.2, 0) is 6.54 Å². The Bertz CT molecular complexity index is 333. The number of carbonyl (C=O) groups excluding carboxylic acids is 1. The maximum absolute atomic E-state index is 11.8. The van der Waals surface area contributed by atoms with E-state index in [0.29, 0.717) is 0 Å². The summed E-state index contributed by atoms with van der Waals surface area (Å²) < 4.78 is 0. The number of nitrogens with one attached hydrogen (secondary N) is 2. The molecule has 17 heavy (non-hydrogen) atoms. The zero-order chi connectivity index (χ0) is 12.5.